The average Bonchev–Trinajstić information content (AvgIpc) is 3.20. The summed E-state index contributed by atoms with van der Waals surface area (Å²) in [6, 6.07) is 0.498. The fraction of sp³-hybridized carbons (Fsp3) is 0.581. The molecule has 5 heterocycles. The fourth-order valence-corrected chi connectivity index (χ4v) is 7.57. The first-order chi connectivity index (χ1) is 22.1. The van der Waals surface area contributed by atoms with E-state index in [1.165, 1.54) is 0 Å². The molecule has 4 aliphatic rings. The van der Waals surface area contributed by atoms with Crippen LogP contribution in [0.25, 0.3) is 22.2 Å². The summed E-state index contributed by atoms with van der Waals surface area (Å²) < 4.78 is 116. The summed E-state index contributed by atoms with van der Waals surface area (Å²) >= 11 is 0. The van der Waals surface area contributed by atoms with Gasteiger partial charge in [0.1, 0.15) is 29.0 Å². The number of nitrogens with two attached hydrogens (primary N) is 1. The highest BCUT2D eigenvalue weighted by Gasteiger charge is 2.77. The fourth-order valence-electron chi connectivity index (χ4n) is 7.57. The predicted octanol–water partition coefficient (Wildman–Crippen LogP) is 5.69. The van der Waals surface area contributed by atoms with E-state index in [9.17, 15) is 22.0 Å². The van der Waals surface area contributed by atoms with Gasteiger partial charge in [0.05, 0.1) is 33.9 Å². The van der Waals surface area contributed by atoms with Gasteiger partial charge in [0.15, 0.2) is 11.6 Å². The largest absolute Gasteiger partial charge is 0.474 e. The van der Waals surface area contributed by atoms with Crippen molar-refractivity contribution in [1.82, 2.24) is 25.2 Å². The Morgan fingerprint density at radius 1 is 1.11 bits per heavy atom. The topological polar surface area (TPSA) is 110 Å². The van der Waals surface area contributed by atoms with Gasteiger partial charge in [-0.2, -0.15) is 23.1 Å². The van der Waals surface area contributed by atoms with E-state index < -0.39 is 74.4 Å². The number of halogens is 7. The van der Waals surface area contributed by atoms with Gasteiger partial charge in [0.25, 0.3) is 5.92 Å². The standard InChI is InChI=1S/C31H34F7N7O2/c1-15-10-17(39)21(32)18(20(15)31(36,37)38)23-22(33)24-19-25(41-8-7-40-6-4-16(2)47-26(19)42-23)44-27(43-24)46-14-29-5-3-9-45(29)13-28(11-29)12-30(28,34)35/h10,16,40H,3-9,11-14,39H2,1-2H3,(H,41,43,44)/t16-,28?,29-/m0/s1. The molecule has 9 nitrogen and oxygen atoms in total. The van der Waals surface area contributed by atoms with Crippen LogP contribution in [0.3, 0.4) is 0 Å². The van der Waals surface area contributed by atoms with E-state index in [2.05, 4.69) is 25.6 Å². The number of nitrogen functional groups attached to an aromatic ring is 1. The summed E-state index contributed by atoms with van der Waals surface area (Å²) in [5.41, 5.74) is -1.21. The summed E-state index contributed by atoms with van der Waals surface area (Å²) in [6.07, 6.45) is -3.73. The molecular weight excluding hydrogens is 635 g/mol. The van der Waals surface area contributed by atoms with Crippen molar-refractivity contribution < 1.29 is 40.2 Å². The number of hydrogen-bond acceptors (Lipinski definition) is 9. The van der Waals surface area contributed by atoms with E-state index in [0.717, 1.165) is 19.4 Å². The molecule has 1 spiro atoms. The van der Waals surface area contributed by atoms with Crippen LogP contribution in [-0.2, 0) is 6.18 Å². The summed E-state index contributed by atoms with van der Waals surface area (Å²) in [4.78, 5) is 14.9. The SMILES string of the molecule is Cc1cc(N)c(F)c(-c2nc3c4c(nc(OC[C@@]56CCCN5CC5(CC5(F)F)C6)nc4c2F)NCCNCC[C@H](C)O3)c1C(F)(F)F. The lowest BCUT2D eigenvalue weighted by molar-refractivity contribution is -0.137. The molecule has 47 heavy (non-hydrogen) atoms. The van der Waals surface area contributed by atoms with E-state index in [1.807, 2.05) is 4.90 Å². The molecule has 0 amide bonds. The molecule has 2 saturated heterocycles. The Hall–Kier alpha value is -3.66. The third-order valence-electron chi connectivity index (χ3n) is 9.96. The third-order valence-corrected chi connectivity index (χ3v) is 9.96. The van der Waals surface area contributed by atoms with Crippen molar-refractivity contribution in [1.29, 1.82) is 0 Å². The van der Waals surface area contributed by atoms with Crippen LogP contribution < -0.4 is 25.8 Å². The molecule has 0 bridgehead atoms. The third kappa shape index (κ3) is 5.27. The Labute approximate surface area is 265 Å². The van der Waals surface area contributed by atoms with Gasteiger partial charge in [-0.1, -0.05) is 0 Å². The van der Waals surface area contributed by atoms with Crippen LogP contribution in [0, 0.1) is 24.0 Å². The molecule has 254 valence electrons. The van der Waals surface area contributed by atoms with Crippen molar-refractivity contribution in [2.75, 3.05) is 50.4 Å². The number of nitrogens with zero attached hydrogens (tertiary/aromatic N) is 4. The van der Waals surface area contributed by atoms with Crippen molar-refractivity contribution in [3.8, 4) is 23.1 Å². The molecule has 2 aromatic heterocycles. The van der Waals surface area contributed by atoms with E-state index in [4.69, 9.17) is 15.2 Å². The van der Waals surface area contributed by atoms with Crippen molar-refractivity contribution in [2.45, 2.75) is 69.7 Å². The van der Waals surface area contributed by atoms with Crippen LogP contribution in [0.15, 0.2) is 6.07 Å². The molecule has 3 fully saturated rings. The van der Waals surface area contributed by atoms with Gasteiger partial charge < -0.3 is 25.8 Å². The Balaban J connectivity index is 1.38. The second-order valence-corrected chi connectivity index (χ2v) is 13.3. The van der Waals surface area contributed by atoms with Gasteiger partial charge in [-0.25, -0.2) is 22.5 Å². The molecule has 4 N–H and O–H groups in total. The minimum atomic E-state index is -5.09. The Kier molecular flexibility index (Phi) is 7.43. The minimum absolute atomic E-state index is 0.0338. The number of nitrogens with one attached hydrogen (secondary N) is 2. The predicted molar refractivity (Wildman–Crippen MR) is 159 cm³/mol. The molecule has 1 aromatic carbocycles. The van der Waals surface area contributed by atoms with E-state index in [1.54, 1.807) is 6.92 Å². The van der Waals surface area contributed by atoms with Crippen molar-refractivity contribution in [2.24, 2.45) is 5.41 Å². The zero-order chi connectivity index (χ0) is 33.5. The van der Waals surface area contributed by atoms with E-state index >= 15 is 8.78 Å². The number of aryl methyl sites for hydroxylation is 1. The smallest absolute Gasteiger partial charge is 0.417 e. The highest BCUT2D eigenvalue weighted by Crippen LogP contribution is 2.69. The summed E-state index contributed by atoms with van der Waals surface area (Å²) in [5.74, 6) is -5.88. The number of anilines is 2. The summed E-state index contributed by atoms with van der Waals surface area (Å²) in [5, 5.41) is 6.22. The normalized spacial score (nSPS) is 27.3. The molecule has 7 rings (SSSR count). The van der Waals surface area contributed by atoms with Crippen molar-refractivity contribution >= 4 is 22.4 Å². The quantitative estimate of drug-likeness (QED) is 0.238. The maximum atomic E-state index is 16.6. The Bertz CT molecular complexity index is 1760. The summed E-state index contributed by atoms with van der Waals surface area (Å²) in [6.45, 7) is 4.93. The van der Waals surface area contributed by atoms with Gasteiger partial charge in [0, 0.05) is 26.1 Å². The number of pyridine rings is 1. The monoisotopic (exact) mass is 669 g/mol. The minimum Gasteiger partial charge on any atom is -0.474 e. The van der Waals surface area contributed by atoms with Crippen LogP contribution in [0.4, 0.5) is 42.2 Å². The number of alkyl halides is 5. The van der Waals surface area contributed by atoms with E-state index in [-0.39, 0.29) is 49.1 Å². The molecule has 16 heteroatoms. The number of fused-ring (bicyclic) bond motifs is 1. The molecule has 3 aromatic rings. The highest BCUT2D eigenvalue weighted by atomic mass is 19.4. The first-order valence-corrected chi connectivity index (χ1v) is 15.6. The van der Waals surface area contributed by atoms with Crippen LogP contribution in [0.2, 0.25) is 0 Å². The second-order valence-electron chi connectivity index (χ2n) is 13.3. The Morgan fingerprint density at radius 3 is 2.60 bits per heavy atom. The van der Waals surface area contributed by atoms with Gasteiger partial charge in [-0.15, -0.1) is 0 Å². The molecule has 3 aliphatic heterocycles. The molecule has 0 radical (unpaired) electrons. The molecular formula is C31H34F7N7O2. The maximum Gasteiger partial charge on any atom is 0.417 e. The average molecular weight is 670 g/mol. The highest BCUT2D eigenvalue weighted by molar-refractivity contribution is 5.96. The number of hydrogen-bond donors (Lipinski definition) is 3. The van der Waals surface area contributed by atoms with Gasteiger partial charge in [0.2, 0.25) is 5.88 Å². The van der Waals surface area contributed by atoms with Crippen molar-refractivity contribution in [3.05, 3.63) is 28.8 Å². The van der Waals surface area contributed by atoms with E-state index in [0.29, 0.717) is 39.0 Å². The van der Waals surface area contributed by atoms with Crippen LogP contribution in [0.5, 0.6) is 11.9 Å². The van der Waals surface area contributed by atoms with Crippen LogP contribution >= 0.6 is 0 Å². The number of aromatic nitrogens is 3. The van der Waals surface area contributed by atoms with Crippen LogP contribution in [-0.4, -0.2) is 76.7 Å². The first-order valence-electron chi connectivity index (χ1n) is 15.6. The maximum absolute atomic E-state index is 16.6. The Morgan fingerprint density at radius 2 is 1.87 bits per heavy atom. The molecule has 1 unspecified atom stereocenters. The zero-order valence-corrected chi connectivity index (χ0v) is 25.8. The molecule has 1 aliphatic carbocycles. The molecule has 1 saturated carbocycles. The lowest BCUT2D eigenvalue weighted by Gasteiger charge is -2.31. The van der Waals surface area contributed by atoms with Crippen molar-refractivity contribution in [3.63, 3.8) is 0 Å². The number of ether oxygens (including phenoxy) is 2. The van der Waals surface area contributed by atoms with Gasteiger partial charge >= 0.3 is 12.2 Å². The van der Waals surface area contributed by atoms with Gasteiger partial charge in [-0.3, -0.25) is 4.90 Å². The van der Waals surface area contributed by atoms with Crippen LogP contribution in [0.1, 0.15) is 50.2 Å². The van der Waals surface area contributed by atoms with Gasteiger partial charge in [-0.05, 0) is 64.3 Å². The summed E-state index contributed by atoms with van der Waals surface area (Å²) in [7, 11) is 0. The zero-order valence-electron chi connectivity index (χ0n) is 25.8. The molecule has 3 atom stereocenters. The second kappa shape index (κ2) is 10.9. The number of rotatable bonds is 4. The lowest BCUT2D eigenvalue weighted by atomic mass is 9.89. The number of benzene rings is 1. The first kappa shape index (κ1) is 31.9. The lowest BCUT2D eigenvalue weighted by Crippen LogP contribution is -2.43.